The van der Waals surface area contributed by atoms with Gasteiger partial charge in [0.2, 0.25) is 18.6 Å². The lowest BCUT2D eigenvalue weighted by Crippen LogP contribution is -2.51. The maximum atomic E-state index is 13.5. The fourth-order valence-electron chi connectivity index (χ4n) is 4.68. The van der Waals surface area contributed by atoms with Gasteiger partial charge < -0.3 is 24.6 Å². The van der Waals surface area contributed by atoms with Crippen LogP contribution in [0.25, 0.3) is 0 Å². The van der Waals surface area contributed by atoms with Gasteiger partial charge >= 0.3 is 0 Å². The summed E-state index contributed by atoms with van der Waals surface area (Å²) in [5, 5.41) is 2.92. The second-order valence-electron chi connectivity index (χ2n) is 8.88. The maximum Gasteiger partial charge on any atom is 0.251 e. The van der Waals surface area contributed by atoms with Crippen molar-refractivity contribution in [1.82, 2.24) is 15.1 Å². The van der Waals surface area contributed by atoms with Gasteiger partial charge in [-0.3, -0.25) is 19.3 Å². The molecular weight excluding hydrogens is 455 g/mol. The van der Waals surface area contributed by atoms with Crippen molar-refractivity contribution in [3.63, 3.8) is 0 Å². The predicted molar refractivity (Wildman–Crippen MR) is 125 cm³/mol. The van der Waals surface area contributed by atoms with E-state index in [1.54, 1.807) is 35.2 Å². The van der Waals surface area contributed by atoms with Crippen LogP contribution >= 0.6 is 0 Å². The van der Waals surface area contributed by atoms with Crippen molar-refractivity contribution >= 4 is 23.4 Å². The largest absolute Gasteiger partial charge is 0.454 e. The average molecular weight is 483 g/mol. The molecule has 3 aliphatic heterocycles. The Hall–Kier alpha value is -3.66. The number of nitrogens with one attached hydrogen (secondary N) is 1. The first kappa shape index (κ1) is 23.1. The molecule has 1 N–H and O–H groups in total. The summed E-state index contributed by atoms with van der Waals surface area (Å²) < 4.78 is 24.1. The van der Waals surface area contributed by atoms with Gasteiger partial charge in [0, 0.05) is 63.5 Å². The van der Waals surface area contributed by atoms with Crippen LogP contribution in [0.3, 0.4) is 0 Å². The predicted octanol–water partition coefficient (Wildman–Crippen LogP) is 1.48. The van der Waals surface area contributed by atoms with E-state index in [4.69, 9.17) is 9.47 Å². The van der Waals surface area contributed by atoms with Crippen molar-refractivity contribution in [3.8, 4) is 11.5 Å². The van der Waals surface area contributed by atoms with E-state index in [2.05, 4.69) is 10.2 Å². The number of ether oxygens (including phenoxy) is 2. The Bertz CT molecular complexity index is 1130. The van der Waals surface area contributed by atoms with Crippen LogP contribution in [0.5, 0.6) is 11.5 Å². The number of rotatable bonds is 6. The van der Waals surface area contributed by atoms with Crippen LogP contribution in [0.4, 0.5) is 10.1 Å². The number of hydrogen-bond donors (Lipinski definition) is 1. The zero-order valence-electron chi connectivity index (χ0n) is 19.2. The van der Waals surface area contributed by atoms with Gasteiger partial charge in [-0.2, -0.15) is 0 Å². The minimum absolute atomic E-state index is 0.0342. The van der Waals surface area contributed by atoms with E-state index in [9.17, 15) is 18.8 Å². The zero-order valence-corrected chi connectivity index (χ0v) is 19.2. The van der Waals surface area contributed by atoms with Crippen LogP contribution in [0.15, 0.2) is 42.5 Å². The van der Waals surface area contributed by atoms with Crippen LogP contribution in [0.2, 0.25) is 0 Å². The summed E-state index contributed by atoms with van der Waals surface area (Å²) in [4.78, 5) is 43.4. The van der Waals surface area contributed by atoms with Crippen molar-refractivity contribution in [3.05, 3.63) is 53.8 Å². The smallest absolute Gasteiger partial charge is 0.251 e. The molecule has 2 aromatic rings. The number of anilines is 1. The minimum atomic E-state index is -0.418. The van der Waals surface area contributed by atoms with Gasteiger partial charge in [0.25, 0.3) is 5.91 Å². The average Bonchev–Trinajstić information content (AvgIpc) is 3.50. The Labute approximate surface area is 202 Å². The summed E-state index contributed by atoms with van der Waals surface area (Å²) in [5.41, 5.74) is 1.00. The molecule has 3 amide bonds. The third kappa shape index (κ3) is 5.07. The molecule has 0 spiro atoms. The first-order chi connectivity index (χ1) is 17.0. The number of hydrogen-bond acceptors (Lipinski definition) is 6. The summed E-state index contributed by atoms with van der Waals surface area (Å²) in [6.07, 6.45) is 0.140. The van der Waals surface area contributed by atoms with Crippen LogP contribution < -0.4 is 19.7 Å². The molecule has 1 atom stereocenters. The van der Waals surface area contributed by atoms with Crippen LogP contribution in [0, 0.1) is 11.7 Å². The van der Waals surface area contributed by atoms with E-state index in [0.717, 1.165) is 0 Å². The third-order valence-corrected chi connectivity index (χ3v) is 6.63. The molecule has 1 unspecified atom stereocenters. The number of benzene rings is 2. The SMILES string of the molecule is O=C(NCCN1CCN(C(=O)C2CC(=O)N(c3cccc(F)c3)C2)CC1)c1ccc2c(c1)OCO2. The van der Waals surface area contributed by atoms with E-state index in [-0.39, 0.29) is 37.5 Å². The highest BCUT2D eigenvalue weighted by Crippen LogP contribution is 2.32. The summed E-state index contributed by atoms with van der Waals surface area (Å²) in [6.45, 7) is 4.12. The van der Waals surface area contributed by atoms with Gasteiger partial charge in [0.1, 0.15) is 5.82 Å². The first-order valence-electron chi connectivity index (χ1n) is 11.7. The number of nitrogens with zero attached hydrogens (tertiary/aromatic N) is 3. The number of piperazine rings is 1. The lowest BCUT2D eigenvalue weighted by atomic mass is 10.1. The highest BCUT2D eigenvalue weighted by Gasteiger charge is 2.38. The van der Waals surface area contributed by atoms with Crippen LogP contribution in [-0.2, 0) is 9.59 Å². The second kappa shape index (κ2) is 9.91. The van der Waals surface area contributed by atoms with E-state index >= 15 is 0 Å². The highest BCUT2D eigenvalue weighted by atomic mass is 19.1. The van der Waals surface area contributed by atoms with Crippen molar-refractivity contribution in [2.24, 2.45) is 5.92 Å². The minimum Gasteiger partial charge on any atom is -0.454 e. The zero-order chi connectivity index (χ0) is 24.4. The molecule has 2 saturated heterocycles. The van der Waals surface area contributed by atoms with Crippen LogP contribution in [-0.4, -0.2) is 80.1 Å². The molecule has 2 aromatic carbocycles. The molecule has 3 heterocycles. The normalized spacial score (nSPS) is 19.8. The number of carbonyl (C=O) groups is 3. The van der Waals surface area contributed by atoms with Crippen molar-refractivity contribution in [2.75, 3.05) is 57.5 Å². The molecular formula is C25H27FN4O5. The molecule has 0 saturated carbocycles. The Balaban J connectivity index is 1.06. The molecule has 2 fully saturated rings. The second-order valence-corrected chi connectivity index (χ2v) is 8.88. The number of halogens is 1. The summed E-state index contributed by atoms with van der Waals surface area (Å²) in [5.74, 6) is 0.00955. The molecule has 5 rings (SSSR count). The quantitative estimate of drug-likeness (QED) is 0.671. The van der Waals surface area contributed by atoms with Gasteiger partial charge in [-0.25, -0.2) is 4.39 Å². The lowest BCUT2D eigenvalue weighted by Gasteiger charge is -2.35. The van der Waals surface area contributed by atoms with E-state index in [1.165, 1.54) is 17.0 Å². The number of fused-ring (bicyclic) bond motifs is 1. The van der Waals surface area contributed by atoms with Crippen molar-refractivity contribution in [2.45, 2.75) is 6.42 Å². The molecule has 9 nitrogen and oxygen atoms in total. The van der Waals surface area contributed by atoms with Crippen molar-refractivity contribution < 1.29 is 28.2 Å². The first-order valence-corrected chi connectivity index (χ1v) is 11.7. The molecule has 0 aliphatic carbocycles. The summed E-state index contributed by atoms with van der Waals surface area (Å²) in [7, 11) is 0. The standard InChI is InChI=1S/C25H27FN4O5/c26-19-2-1-3-20(14-19)30-15-18(13-23(30)31)25(33)29-10-8-28(9-11-29)7-6-27-24(32)17-4-5-21-22(12-17)35-16-34-21/h1-5,12,14,18H,6-11,13,15-16H2,(H,27,32). The summed E-state index contributed by atoms with van der Waals surface area (Å²) in [6, 6.07) is 11.0. The van der Waals surface area contributed by atoms with E-state index < -0.39 is 11.7 Å². The molecule has 10 heteroatoms. The van der Waals surface area contributed by atoms with Crippen LogP contribution in [0.1, 0.15) is 16.8 Å². The van der Waals surface area contributed by atoms with Crippen molar-refractivity contribution in [1.29, 1.82) is 0 Å². The Kier molecular flexibility index (Phi) is 6.54. The van der Waals surface area contributed by atoms with Gasteiger partial charge in [-0.05, 0) is 36.4 Å². The fourth-order valence-corrected chi connectivity index (χ4v) is 4.68. The molecule has 184 valence electrons. The highest BCUT2D eigenvalue weighted by molar-refractivity contribution is 6.00. The van der Waals surface area contributed by atoms with Gasteiger partial charge in [-0.15, -0.1) is 0 Å². The topological polar surface area (TPSA) is 91.4 Å². The maximum absolute atomic E-state index is 13.5. The molecule has 3 aliphatic rings. The Morgan fingerprint density at radius 1 is 1.03 bits per heavy atom. The third-order valence-electron chi connectivity index (χ3n) is 6.63. The number of carbonyl (C=O) groups excluding carboxylic acids is 3. The lowest BCUT2D eigenvalue weighted by molar-refractivity contribution is -0.137. The van der Waals surface area contributed by atoms with Gasteiger partial charge in [-0.1, -0.05) is 6.07 Å². The van der Waals surface area contributed by atoms with E-state index in [0.29, 0.717) is 62.0 Å². The monoisotopic (exact) mass is 482 g/mol. The van der Waals surface area contributed by atoms with Gasteiger partial charge in [0.05, 0.1) is 5.92 Å². The molecule has 0 radical (unpaired) electrons. The Morgan fingerprint density at radius 3 is 2.63 bits per heavy atom. The van der Waals surface area contributed by atoms with E-state index in [1.807, 2.05) is 0 Å². The summed E-state index contributed by atoms with van der Waals surface area (Å²) >= 11 is 0. The molecule has 0 bridgehead atoms. The number of amides is 3. The fraction of sp³-hybridized carbons (Fsp3) is 0.400. The molecule has 0 aromatic heterocycles. The van der Waals surface area contributed by atoms with Gasteiger partial charge in [0.15, 0.2) is 11.5 Å². The molecule has 35 heavy (non-hydrogen) atoms. The Morgan fingerprint density at radius 2 is 1.83 bits per heavy atom.